The van der Waals surface area contributed by atoms with Gasteiger partial charge in [-0.15, -0.1) is 0 Å². The van der Waals surface area contributed by atoms with Gasteiger partial charge in [0.05, 0.1) is 6.21 Å². The quantitative estimate of drug-likeness (QED) is 0.430. The molecule has 0 aliphatic heterocycles. The molecule has 0 radical (unpaired) electrons. The summed E-state index contributed by atoms with van der Waals surface area (Å²) in [7, 11) is 0. The van der Waals surface area contributed by atoms with Gasteiger partial charge in [0.15, 0.2) is 0 Å². The largest absolute Gasteiger partial charge is 0.372 e. The highest BCUT2D eigenvalue weighted by molar-refractivity contribution is 9.10. The van der Waals surface area contributed by atoms with E-state index < -0.39 is 11.8 Å². The molecule has 2 aromatic carbocycles. The minimum atomic E-state index is -0.830. The molecule has 2 rings (SSSR count). The van der Waals surface area contributed by atoms with E-state index in [1.807, 2.05) is 24.3 Å². The lowest BCUT2D eigenvalue weighted by Gasteiger charge is -2.20. The van der Waals surface area contributed by atoms with Gasteiger partial charge in [-0.25, -0.2) is 5.43 Å². The van der Waals surface area contributed by atoms with Crippen LogP contribution in [0.15, 0.2) is 58.1 Å². The predicted octanol–water partition coefficient (Wildman–Crippen LogP) is 3.38. The Kier molecular flexibility index (Phi) is 7.35. The van der Waals surface area contributed by atoms with Crippen LogP contribution in [-0.2, 0) is 9.59 Å². The van der Waals surface area contributed by atoms with Crippen molar-refractivity contribution in [3.63, 3.8) is 0 Å². The van der Waals surface area contributed by atoms with Crippen LogP contribution in [0, 0.1) is 0 Å². The van der Waals surface area contributed by atoms with E-state index in [-0.39, 0.29) is 0 Å². The van der Waals surface area contributed by atoms with Crippen LogP contribution in [0.4, 0.5) is 11.4 Å². The van der Waals surface area contributed by atoms with E-state index in [1.165, 1.54) is 6.21 Å². The number of halogens is 1. The number of hydrogen-bond donors (Lipinski definition) is 2. The summed E-state index contributed by atoms with van der Waals surface area (Å²) in [6.45, 7) is 6.09. The van der Waals surface area contributed by atoms with Crippen LogP contribution >= 0.6 is 15.9 Å². The minimum absolute atomic E-state index is 0.532. The maximum absolute atomic E-state index is 11.8. The molecule has 0 atom stereocenters. The van der Waals surface area contributed by atoms with Crippen LogP contribution < -0.4 is 15.6 Å². The van der Waals surface area contributed by atoms with Crippen LogP contribution in [0.1, 0.15) is 19.4 Å². The number of rotatable bonds is 6. The van der Waals surface area contributed by atoms with E-state index in [0.29, 0.717) is 5.69 Å². The number of nitrogens with zero attached hydrogens (tertiary/aromatic N) is 2. The monoisotopic (exact) mass is 416 g/mol. The number of carbonyl (C=O) groups is 2. The molecule has 2 amide bonds. The van der Waals surface area contributed by atoms with Gasteiger partial charge in [-0.3, -0.25) is 9.59 Å². The molecule has 2 aromatic rings. The minimum Gasteiger partial charge on any atom is -0.372 e. The van der Waals surface area contributed by atoms with Crippen molar-refractivity contribution in [1.82, 2.24) is 5.43 Å². The van der Waals surface area contributed by atoms with Gasteiger partial charge in [-0.1, -0.05) is 28.1 Å². The SMILES string of the molecule is CCN(CC)c1ccc(C=NNC(=O)C(=O)Nc2ccc(Br)cc2)cc1. The van der Waals surface area contributed by atoms with E-state index in [9.17, 15) is 9.59 Å². The molecule has 0 aromatic heterocycles. The molecular weight excluding hydrogens is 396 g/mol. The van der Waals surface area contributed by atoms with Crippen molar-refractivity contribution in [2.45, 2.75) is 13.8 Å². The molecule has 0 saturated heterocycles. The Labute approximate surface area is 161 Å². The van der Waals surface area contributed by atoms with Crippen molar-refractivity contribution >= 4 is 45.3 Å². The first-order valence-electron chi connectivity index (χ1n) is 8.28. The van der Waals surface area contributed by atoms with Gasteiger partial charge < -0.3 is 10.2 Å². The molecule has 0 aliphatic rings. The van der Waals surface area contributed by atoms with Crippen molar-refractivity contribution in [2.75, 3.05) is 23.3 Å². The second kappa shape index (κ2) is 9.72. The fraction of sp³-hybridized carbons (Fsp3) is 0.211. The second-order valence-electron chi connectivity index (χ2n) is 5.42. The summed E-state index contributed by atoms with van der Waals surface area (Å²) in [6.07, 6.45) is 1.50. The molecule has 0 aliphatic carbocycles. The maximum Gasteiger partial charge on any atom is 0.329 e. The summed E-state index contributed by atoms with van der Waals surface area (Å²) < 4.78 is 0.886. The number of hydrazone groups is 1. The van der Waals surface area contributed by atoms with E-state index in [2.05, 4.69) is 50.5 Å². The topological polar surface area (TPSA) is 73.8 Å². The molecule has 0 saturated carbocycles. The maximum atomic E-state index is 11.8. The van der Waals surface area contributed by atoms with Crippen LogP contribution in [0.5, 0.6) is 0 Å². The fourth-order valence-electron chi connectivity index (χ4n) is 2.30. The van der Waals surface area contributed by atoms with Crippen LogP contribution in [-0.4, -0.2) is 31.1 Å². The van der Waals surface area contributed by atoms with Gasteiger partial charge in [0.2, 0.25) is 0 Å². The smallest absolute Gasteiger partial charge is 0.329 e. The molecule has 136 valence electrons. The summed E-state index contributed by atoms with van der Waals surface area (Å²) in [5, 5.41) is 6.33. The van der Waals surface area contributed by atoms with Crippen LogP contribution in [0.3, 0.4) is 0 Å². The first-order valence-corrected chi connectivity index (χ1v) is 9.07. The Morgan fingerprint density at radius 2 is 1.62 bits per heavy atom. The highest BCUT2D eigenvalue weighted by atomic mass is 79.9. The average molecular weight is 417 g/mol. The van der Waals surface area contributed by atoms with Gasteiger partial charge in [0.1, 0.15) is 0 Å². The average Bonchev–Trinajstić information content (AvgIpc) is 2.65. The number of anilines is 2. The zero-order chi connectivity index (χ0) is 18.9. The van der Waals surface area contributed by atoms with Gasteiger partial charge in [0, 0.05) is 28.9 Å². The van der Waals surface area contributed by atoms with Gasteiger partial charge in [-0.2, -0.15) is 5.10 Å². The van der Waals surface area contributed by atoms with Crippen LogP contribution in [0.25, 0.3) is 0 Å². The van der Waals surface area contributed by atoms with Crippen molar-refractivity contribution in [3.05, 3.63) is 58.6 Å². The molecule has 0 spiro atoms. The number of hydrogen-bond acceptors (Lipinski definition) is 4. The zero-order valence-corrected chi connectivity index (χ0v) is 16.3. The first kappa shape index (κ1) is 19.7. The van der Waals surface area contributed by atoms with E-state index in [1.54, 1.807) is 24.3 Å². The molecule has 7 heteroatoms. The highest BCUT2D eigenvalue weighted by Gasteiger charge is 2.12. The molecular formula is C19H21BrN4O2. The van der Waals surface area contributed by atoms with Crippen LogP contribution in [0.2, 0.25) is 0 Å². The highest BCUT2D eigenvalue weighted by Crippen LogP contribution is 2.14. The third-order valence-corrected chi connectivity index (χ3v) is 4.24. The predicted molar refractivity (Wildman–Crippen MR) is 109 cm³/mol. The number of nitrogens with one attached hydrogen (secondary N) is 2. The fourth-order valence-corrected chi connectivity index (χ4v) is 2.56. The van der Waals surface area contributed by atoms with E-state index in [0.717, 1.165) is 28.8 Å². The third kappa shape index (κ3) is 5.70. The Morgan fingerprint density at radius 3 is 2.19 bits per heavy atom. The van der Waals surface area contributed by atoms with Crippen molar-refractivity contribution in [1.29, 1.82) is 0 Å². The Morgan fingerprint density at radius 1 is 1.00 bits per heavy atom. The summed E-state index contributed by atoms with van der Waals surface area (Å²) in [4.78, 5) is 25.8. The normalized spacial score (nSPS) is 10.6. The lowest BCUT2D eigenvalue weighted by molar-refractivity contribution is -0.136. The number of carbonyl (C=O) groups excluding carboxylic acids is 2. The number of benzene rings is 2. The molecule has 2 N–H and O–H groups in total. The van der Waals surface area contributed by atoms with E-state index >= 15 is 0 Å². The summed E-state index contributed by atoms with van der Waals surface area (Å²) >= 11 is 3.30. The Hall–Kier alpha value is -2.67. The van der Waals surface area contributed by atoms with E-state index in [4.69, 9.17) is 0 Å². The summed E-state index contributed by atoms with van der Waals surface area (Å²) in [5.41, 5.74) is 4.71. The van der Waals surface area contributed by atoms with Crippen molar-refractivity contribution < 1.29 is 9.59 Å². The first-order chi connectivity index (χ1) is 12.5. The second-order valence-corrected chi connectivity index (χ2v) is 6.34. The molecule has 0 heterocycles. The van der Waals surface area contributed by atoms with Crippen molar-refractivity contribution in [3.8, 4) is 0 Å². The molecule has 26 heavy (non-hydrogen) atoms. The molecule has 0 bridgehead atoms. The number of amides is 2. The van der Waals surface area contributed by atoms with Crippen molar-refractivity contribution in [2.24, 2.45) is 5.10 Å². The summed E-state index contributed by atoms with van der Waals surface area (Å²) in [6, 6.07) is 14.7. The lowest BCUT2D eigenvalue weighted by atomic mass is 10.2. The molecule has 0 unspecified atom stereocenters. The van der Waals surface area contributed by atoms with Gasteiger partial charge >= 0.3 is 11.8 Å². The zero-order valence-electron chi connectivity index (χ0n) is 14.7. The molecule has 6 nitrogen and oxygen atoms in total. The standard InChI is InChI=1S/C19H21BrN4O2/c1-3-24(4-2)17-11-5-14(6-12-17)13-21-23-19(26)18(25)22-16-9-7-15(20)8-10-16/h5-13H,3-4H2,1-2H3,(H,22,25)(H,23,26). The van der Waals surface area contributed by atoms with Gasteiger partial charge in [-0.05, 0) is 55.8 Å². The Balaban J connectivity index is 1.87. The lowest BCUT2D eigenvalue weighted by Crippen LogP contribution is -2.32. The third-order valence-electron chi connectivity index (χ3n) is 3.71. The molecule has 0 fully saturated rings. The Bertz CT molecular complexity index is 769. The summed E-state index contributed by atoms with van der Waals surface area (Å²) in [5.74, 6) is -1.61. The van der Waals surface area contributed by atoms with Gasteiger partial charge in [0.25, 0.3) is 0 Å².